The van der Waals surface area contributed by atoms with E-state index in [0.29, 0.717) is 43.5 Å². The third kappa shape index (κ3) is 3.58. The lowest BCUT2D eigenvalue weighted by atomic mass is 10.2. The zero-order chi connectivity index (χ0) is 17.1. The molecule has 0 radical (unpaired) electrons. The summed E-state index contributed by atoms with van der Waals surface area (Å²) in [5.74, 6) is -0.635. The molecule has 0 spiro atoms. The van der Waals surface area contributed by atoms with Crippen molar-refractivity contribution in [3.63, 3.8) is 0 Å². The number of nitrogens with zero attached hydrogens (tertiary/aromatic N) is 2. The lowest BCUT2D eigenvalue weighted by molar-refractivity contribution is 0.1000. The van der Waals surface area contributed by atoms with Gasteiger partial charge in [0.15, 0.2) is 0 Å². The Hall–Kier alpha value is -2.38. The van der Waals surface area contributed by atoms with E-state index in [1.165, 1.54) is 18.3 Å². The van der Waals surface area contributed by atoms with Crippen LogP contribution in [-0.4, -0.2) is 37.2 Å². The van der Waals surface area contributed by atoms with Gasteiger partial charge >= 0.3 is 0 Å². The first-order valence-electron chi connectivity index (χ1n) is 7.39. The summed E-state index contributed by atoms with van der Waals surface area (Å²) < 4.78 is 19.6. The molecule has 8 heteroatoms. The number of pyridine rings is 1. The van der Waals surface area contributed by atoms with E-state index in [4.69, 9.17) is 22.1 Å². The second-order valence-electron chi connectivity index (χ2n) is 5.31. The monoisotopic (exact) mass is 350 g/mol. The van der Waals surface area contributed by atoms with E-state index in [1.807, 2.05) is 4.90 Å². The maximum Gasteiger partial charge on any atom is 0.250 e. The van der Waals surface area contributed by atoms with Gasteiger partial charge in [0.25, 0.3) is 0 Å². The molecular formula is C16H16ClFN4O2. The Morgan fingerprint density at radius 3 is 2.71 bits per heavy atom. The molecule has 0 saturated carbocycles. The van der Waals surface area contributed by atoms with Crippen molar-refractivity contribution in [3.8, 4) is 0 Å². The fourth-order valence-electron chi connectivity index (χ4n) is 2.45. The van der Waals surface area contributed by atoms with E-state index in [9.17, 15) is 9.18 Å². The molecule has 1 aromatic carbocycles. The van der Waals surface area contributed by atoms with Crippen molar-refractivity contribution in [1.82, 2.24) is 4.98 Å². The minimum atomic E-state index is -0.614. The standard InChI is InChI=1S/C16H16ClFN4O2/c17-12-7-10(15(19)23)9-20-16(12)21-11-1-2-14(13(18)8-11)22-3-5-24-6-4-22/h1-2,7-9H,3-6H2,(H2,19,23)(H,20,21). The van der Waals surface area contributed by atoms with Crippen molar-refractivity contribution in [2.45, 2.75) is 0 Å². The number of hydrogen-bond donors (Lipinski definition) is 2. The molecule has 6 nitrogen and oxygen atoms in total. The minimum Gasteiger partial charge on any atom is -0.378 e. The zero-order valence-corrected chi connectivity index (χ0v) is 13.5. The second kappa shape index (κ2) is 7.02. The third-order valence-corrected chi connectivity index (χ3v) is 3.98. The van der Waals surface area contributed by atoms with Gasteiger partial charge in [-0.25, -0.2) is 9.37 Å². The number of ether oxygens (including phenoxy) is 1. The highest BCUT2D eigenvalue weighted by Gasteiger charge is 2.16. The normalized spacial score (nSPS) is 14.5. The van der Waals surface area contributed by atoms with Gasteiger partial charge in [0.2, 0.25) is 5.91 Å². The van der Waals surface area contributed by atoms with Gasteiger partial charge in [-0.05, 0) is 24.3 Å². The summed E-state index contributed by atoms with van der Waals surface area (Å²) in [4.78, 5) is 17.1. The summed E-state index contributed by atoms with van der Waals surface area (Å²) >= 11 is 6.07. The van der Waals surface area contributed by atoms with Gasteiger partial charge in [-0.1, -0.05) is 11.6 Å². The number of amides is 1. The molecule has 1 amide bonds. The number of carbonyl (C=O) groups is 1. The molecule has 24 heavy (non-hydrogen) atoms. The largest absolute Gasteiger partial charge is 0.378 e. The molecule has 1 saturated heterocycles. The van der Waals surface area contributed by atoms with Crippen LogP contribution in [-0.2, 0) is 4.74 Å². The van der Waals surface area contributed by atoms with E-state index < -0.39 is 5.91 Å². The Labute approximate surface area is 143 Å². The number of halogens is 2. The molecule has 0 bridgehead atoms. The summed E-state index contributed by atoms with van der Waals surface area (Å²) in [5, 5.41) is 3.16. The number of benzene rings is 1. The molecule has 1 aliphatic heterocycles. The van der Waals surface area contributed by atoms with Gasteiger partial charge < -0.3 is 20.7 Å². The topological polar surface area (TPSA) is 80.5 Å². The number of morpholine rings is 1. The minimum absolute atomic E-state index is 0.208. The van der Waals surface area contributed by atoms with E-state index in [-0.39, 0.29) is 16.4 Å². The van der Waals surface area contributed by atoms with Crippen LogP contribution in [0.15, 0.2) is 30.5 Å². The molecular weight excluding hydrogens is 335 g/mol. The quantitative estimate of drug-likeness (QED) is 0.885. The summed E-state index contributed by atoms with van der Waals surface area (Å²) in [7, 11) is 0. The number of aromatic nitrogens is 1. The molecule has 2 aromatic rings. The highest BCUT2D eigenvalue weighted by molar-refractivity contribution is 6.33. The molecule has 0 atom stereocenters. The van der Waals surface area contributed by atoms with E-state index in [2.05, 4.69) is 10.3 Å². The average Bonchev–Trinajstić information content (AvgIpc) is 2.57. The van der Waals surface area contributed by atoms with Crippen LogP contribution >= 0.6 is 11.6 Å². The molecule has 0 aliphatic carbocycles. The van der Waals surface area contributed by atoms with Crippen LogP contribution in [0.4, 0.5) is 21.6 Å². The van der Waals surface area contributed by atoms with Gasteiger partial charge in [-0.2, -0.15) is 0 Å². The predicted molar refractivity (Wildman–Crippen MR) is 90.5 cm³/mol. The summed E-state index contributed by atoms with van der Waals surface area (Å²) in [6, 6.07) is 6.24. The molecule has 1 fully saturated rings. The Morgan fingerprint density at radius 2 is 2.08 bits per heavy atom. The van der Waals surface area contributed by atoms with Crippen LogP contribution in [0.5, 0.6) is 0 Å². The molecule has 1 aliphatic rings. The van der Waals surface area contributed by atoms with E-state index in [0.717, 1.165) is 0 Å². The Kier molecular flexibility index (Phi) is 4.82. The van der Waals surface area contributed by atoms with Gasteiger partial charge in [0, 0.05) is 25.0 Å². The molecule has 126 valence electrons. The fourth-order valence-corrected chi connectivity index (χ4v) is 2.66. The van der Waals surface area contributed by atoms with Crippen molar-refractivity contribution in [1.29, 1.82) is 0 Å². The van der Waals surface area contributed by atoms with Gasteiger partial charge in [-0.15, -0.1) is 0 Å². The summed E-state index contributed by atoms with van der Waals surface area (Å²) in [6.07, 6.45) is 1.31. The van der Waals surface area contributed by atoms with Crippen LogP contribution in [0.2, 0.25) is 5.02 Å². The average molecular weight is 351 g/mol. The third-order valence-electron chi connectivity index (χ3n) is 3.69. The lowest BCUT2D eigenvalue weighted by Crippen LogP contribution is -2.36. The first-order chi connectivity index (χ1) is 11.5. The first kappa shape index (κ1) is 16.5. The zero-order valence-electron chi connectivity index (χ0n) is 12.8. The first-order valence-corrected chi connectivity index (χ1v) is 7.77. The highest BCUT2D eigenvalue weighted by atomic mass is 35.5. The number of nitrogens with one attached hydrogen (secondary N) is 1. The molecule has 3 N–H and O–H groups in total. The Bertz CT molecular complexity index is 766. The predicted octanol–water partition coefficient (Wildman–Crippen LogP) is 2.55. The number of rotatable bonds is 4. The maximum absolute atomic E-state index is 14.4. The number of nitrogens with two attached hydrogens (primary N) is 1. The number of carbonyl (C=O) groups excluding carboxylic acids is 1. The van der Waals surface area contributed by atoms with Crippen molar-refractivity contribution in [2.75, 3.05) is 36.5 Å². The fraction of sp³-hybridized carbons (Fsp3) is 0.250. The van der Waals surface area contributed by atoms with Crippen molar-refractivity contribution in [2.24, 2.45) is 5.73 Å². The summed E-state index contributed by atoms with van der Waals surface area (Å²) in [5.41, 5.74) is 6.42. The van der Waals surface area contributed by atoms with E-state index >= 15 is 0 Å². The molecule has 2 heterocycles. The smallest absolute Gasteiger partial charge is 0.250 e. The second-order valence-corrected chi connectivity index (χ2v) is 5.72. The van der Waals surface area contributed by atoms with Gasteiger partial charge in [0.1, 0.15) is 11.6 Å². The van der Waals surface area contributed by atoms with Crippen LogP contribution in [0.3, 0.4) is 0 Å². The number of anilines is 3. The van der Waals surface area contributed by atoms with Crippen LogP contribution in [0, 0.1) is 5.82 Å². The van der Waals surface area contributed by atoms with Gasteiger partial charge in [0.05, 0.1) is 29.5 Å². The van der Waals surface area contributed by atoms with Crippen LogP contribution in [0.25, 0.3) is 0 Å². The van der Waals surface area contributed by atoms with Gasteiger partial charge in [-0.3, -0.25) is 4.79 Å². The maximum atomic E-state index is 14.4. The Balaban J connectivity index is 1.78. The number of primary amides is 1. The van der Waals surface area contributed by atoms with E-state index in [1.54, 1.807) is 12.1 Å². The summed E-state index contributed by atoms with van der Waals surface area (Å²) in [6.45, 7) is 2.49. The molecule has 1 aromatic heterocycles. The van der Waals surface area contributed by atoms with Crippen LogP contribution < -0.4 is 16.0 Å². The Morgan fingerprint density at radius 1 is 1.33 bits per heavy atom. The highest BCUT2D eigenvalue weighted by Crippen LogP contribution is 2.28. The van der Waals surface area contributed by atoms with Crippen molar-refractivity contribution < 1.29 is 13.9 Å². The molecule has 0 unspecified atom stereocenters. The number of hydrogen-bond acceptors (Lipinski definition) is 5. The van der Waals surface area contributed by atoms with Crippen molar-refractivity contribution >= 4 is 34.7 Å². The molecule has 3 rings (SSSR count). The van der Waals surface area contributed by atoms with Crippen molar-refractivity contribution in [3.05, 3.63) is 46.9 Å². The lowest BCUT2D eigenvalue weighted by Gasteiger charge is -2.29. The SMILES string of the molecule is NC(=O)c1cnc(Nc2ccc(N3CCOCC3)c(F)c2)c(Cl)c1. The van der Waals surface area contributed by atoms with Crippen LogP contribution in [0.1, 0.15) is 10.4 Å².